The highest BCUT2D eigenvalue weighted by Crippen LogP contribution is 2.36. The summed E-state index contributed by atoms with van der Waals surface area (Å²) in [4.78, 5) is 4.41. The second-order valence-corrected chi connectivity index (χ2v) is 11.2. The fourth-order valence-corrected chi connectivity index (χ4v) is 2.46. The molecule has 0 bridgehead atoms. The van der Waals surface area contributed by atoms with Gasteiger partial charge in [-0.3, -0.25) is 4.99 Å². The van der Waals surface area contributed by atoms with Crippen LogP contribution in [-0.2, 0) is 4.43 Å². The standard InChI is InChI=1S/C16H27NO2Si/c1-16(2,3)20(5,6)19-12-11-17-13-14-7-9-15(18-4)10-8-14/h7-10,13H,11-12H2,1-6H3. The third kappa shape index (κ3) is 5.10. The van der Waals surface area contributed by atoms with Gasteiger partial charge in [0.2, 0.25) is 0 Å². The summed E-state index contributed by atoms with van der Waals surface area (Å²) in [6, 6.07) is 7.87. The van der Waals surface area contributed by atoms with Crippen LogP contribution >= 0.6 is 0 Å². The lowest BCUT2D eigenvalue weighted by molar-refractivity contribution is 0.298. The average Bonchev–Trinajstić information content (AvgIpc) is 2.37. The van der Waals surface area contributed by atoms with Crippen LogP contribution in [0, 0.1) is 0 Å². The first kappa shape index (κ1) is 16.9. The van der Waals surface area contributed by atoms with Crippen molar-refractivity contribution in [3.05, 3.63) is 29.8 Å². The molecule has 3 nitrogen and oxygen atoms in total. The molecule has 1 rings (SSSR count). The molecule has 0 aliphatic heterocycles. The van der Waals surface area contributed by atoms with Crippen LogP contribution in [-0.4, -0.2) is 34.8 Å². The predicted octanol–water partition coefficient (Wildman–Crippen LogP) is 4.14. The van der Waals surface area contributed by atoms with Gasteiger partial charge in [0.1, 0.15) is 5.75 Å². The van der Waals surface area contributed by atoms with Gasteiger partial charge in [-0.2, -0.15) is 0 Å². The summed E-state index contributed by atoms with van der Waals surface area (Å²) in [5.41, 5.74) is 1.08. The van der Waals surface area contributed by atoms with E-state index in [1.54, 1.807) is 7.11 Å². The van der Waals surface area contributed by atoms with E-state index in [1.165, 1.54) is 0 Å². The highest BCUT2D eigenvalue weighted by Gasteiger charge is 2.36. The molecule has 0 aromatic heterocycles. The number of ether oxygens (including phenoxy) is 1. The van der Waals surface area contributed by atoms with Crippen molar-refractivity contribution in [2.24, 2.45) is 4.99 Å². The molecular weight excluding hydrogens is 266 g/mol. The van der Waals surface area contributed by atoms with Gasteiger partial charge in [0.05, 0.1) is 20.3 Å². The normalized spacial score (nSPS) is 12.9. The predicted molar refractivity (Wildman–Crippen MR) is 88.6 cm³/mol. The summed E-state index contributed by atoms with van der Waals surface area (Å²) in [7, 11) is 0.0310. The lowest BCUT2D eigenvalue weighted by Crippen LogP contribution is -2.41. The number of nitrogens with zero attached hydrogens (tertiary/aromatic N) is 1. The zero-order valence-electron chi connectivity index (χ0n) is 13.6. The molecule has 0 heterocycles. The zero-order chi connectivity index (χ0) is 15.2. The van der Waals surface area contributed by atoms with Gasteiger partial charge in [-0.05, 0) is 48.0 Å². The Bertz CT molecular complexity index is 433. The van der Waals surface area contributed by atoms with Crippen LogP contribution in [0.4, 0.5) is 0 Å². The Morgan fingerprint density at radius 1 is 1.15 bits per heavy atom. The summed E-state index contributed by atoms with van der Waals surface area (Å²) < 4.78 is 11.2. The Hall–Kier alpha value is -1.13. The number of rotatable bonds is 6. The molecule has 1 aromatic rings. The average molecular weight is 293 g/mol. The third-order valence-electron chi connectivity index (χ3n) is 3.85. The SMILES string of the molecule is COc1ccc(C=NCCO[Si](C)(C)C(C)(C)C)cc1. The molecule has 0 radical (unpaired) electrons. The summed E-state index contributed by atoms with van der Waals surface area (Å²) in [5, 5.41) is 0.257. The number of hydrogen-bond donors (Lipinski definition) is 0. The molecular formula is C16H27NO2Si. The van der Waals surface area contributed by atoms with Crippen molar-refractivity contribution >= 4 is 14.5 Å². The Kier molecular flexibility index (Phi) is 5.96. The number of methoxy groups -OCH3 is 1. The Morgan fingerprint density at radius 3 is 2.25 bits per heavy atom. The van der Waals surface area contributed by atoms with Gasteiger partial charge < -0.3 is 9.16 Å². The minimum absolute atomic E-state index is 0.257. The molecule has 1 aromatic carbocycles. The zero-order valence-corrected chi connectivity index (χ0v) is 14.6. The Labute approximate surface area is 124 Å². The van der Waals surface area contributed by atoms with Gasteiger partial charge in [-0.25, -0.2) is 0 Å². The van der Waals surface area contributed by atoms with Gasteiger partial charge in [-0.15, -0.1) is 0 Å². The van der Waals surface area contributed by atoms with Crippen LogP contribution in [0.15, 0.2) is 29.3 Å². The van der Waals surface area contributed by atoms with Crippen LogP contribution in [0.5, 0.6) is 5.75 Å². The van der Waals surface area contributed by atoms with Gasteiger partial charge in [-0.1, -0.05) is 20.8 Å². The molecule has 0 N–H and O–H groups in total. The molecule has 0 saturated carbocycles. The maximum absolute atomic E-state index is 6.07. The van der Waals surface area contributed by atoms with Crippen molar-refractivity contribution in [2.45, 2.75) is 38.9 Å². The molecule has 112 valence electrons. The first-order valence-corrected chi connectivity index (χ1v) is 9.95. The van der Waals surface area contributed by atoms with E-state index in [0.717, 1.165) is 11.3 Å². The van der Waals surface area contributed by atoms with E-state index in [0.29, 0.717) is 13.2 Å². The largest absolute Gasteiger partial charge is 0.497 e. The van der Waals surface area contributed by atoms with E-state index < -0.39 is 8.32 Å². The van der Waals surface area contributed by atoms with E-state index in [-0.39, 0.29) is 5.04 Å². The van der Waals surface area contributed by atoms with Crippen molar-refractivity contribution in [3.8, 4) is 5.75 Å². The maximum Gasteiger partial charge on any atom is 0.192 e. The summed E-state index contributed by atoms with van der Waals surface area (Å²) in [6.07, 6.45) is 1.88. The third-order valence-corrected chi connectivity index (χ3v) is 8.38. The molecule has 0 fully saturated rings. The molecule has 4 heteroatoms. The second kappa shape index (κ2) is 7.04. The molecule has 0 atom stereocenters. The number of aliphatic imine (C=N–C) groups is 1. The van der Waals surface area contributed by atoms with E-state index in [2.05, 4.69) is 38.9 Å². The van der Waals surface area contributed by atoms with Crippen molar-refractivity contribution < 1.29 is 9.16 Å². The van der Waals surface area contributed by atoms with E-state index in [9.17, 15) is 0 Å². The monoisotopic (exact) mass is 293 g/mol. The molecule has 0 unspecified atom stereocenters. The fraction of sp³-hybridized carbons (Fsp3) is 0.562. The topological polar surface area (TPSA) is 30.8 Å². The van der Waals surface area contributed by atoms with Crippen LogP contribution in [0.1, 0.15) is 26.3 Å². The van der Waals surface area contributed by atoms with Crippen molar-refractivity contribution in [1.82, 2.24) is 0 Å². The van der Waals surface area contributed by atoms with Gasteiger partial charge in [0, 0.05) is 6.21 Å². The van der Waals surface area contributed by atoms with Crippen molar-refractivity contribution in [3.63, 3.8) is 0 Å². The fourth-order valence-electron chi connectivity index (χ4n) is 1.43. The van der Waals surface area contributed by atoms with Gasteiger partial charge >= 0.3 is 0 Å². The molecule has 0 amide bonds. The molecule has 20 heavy (non-hydrogen) atoms. The first-order chi connectivity index (χ1) is 9.26. The maximum atomic E-state index is 6.07. The highest BCUT2D eigenvalue weighted by molar-refractivity contribution is 6.74. The first-order valence-electron chi connectivity index (χ1n) is 7.04. The van der Waals surface area contributed by atoms with Crippen LogP contribution in [0.25, 0.3) is 0 Å². The van der Waals surface area contributed by atoms with E-state index in [1.807, 2.05) is 30.5 Å². The van der Waals surface area contributed by atoms with Crippen LogP contribution in [0.3, 0.4) is 0 Å². The molecule has 0 aliphatic carbocycles. The smallest absolute Gasteiger partial charge is 0.192 e. The van der Waals surface area contributed by atoms with E-state index >= 15 is 0 Å². The molecule has 0 spiro atoms. The minimum atomic E-state index is -1.64. The van der Waals surface area contributed by atoms with E-state index in [4.69, 9.17) is 9.16 Å². The van der Waals surface area contributed by atoms with Gasteiger partial charge in [0.25, 0.3) is 0 Å². The van der Waals surface area contributed by atoms with Gasteiger partial charge in [0.15, 0.2) is 8.32 Å². The highest BCUT2D eigenvalue weighted by atomic mass is 28.4. The summed E-state index contributed by atoms with van der Waals surface area (Å²) in [6.45, 7) is 12.7. The van der Waals surface area contributed by atoms with Crippen molar-refractivity contribution in [2.75, 3.05) is 20.3 Å². The minimum Gasteiger partial charge on any atom is -0.497 e. The number of hydrogen-bond acceptors (Lipinski definition) is 3. The molecule has 0 saturated heterocycles. The second-order valence-electron chi connectivity index (χ2n) is 6.42. The Morgan fingerprint density at radius 2 is 1.75 bits per heavy atom. The Balaban J connectivity index is 2.38. The lowest BCUT2D eigenvalue weighted by atomic mass is 10.2. The summed E-state index contributed by atoms with van der Waals surface area (Å²) >= 11 is 0. The summed E-state index contributed by atoms with van der Waals surface area (Å²) in [5.74, 6) is 0.864. The van der Waals surface area contributed by atoms with Crippen molar-refractivity contribution in [1.29, 1.82) is 0 Å². The van der Waals surface area contributed by atoms with Crippen LogP contribution in [0.2, 0.25) is 18.1 Å². The van der Waals surface area contributed by atoms with Crippen LogP contribution < -0.4 is 4.74 Å². The lowest BCUT2D eigenvalue weighted by Gasteiger charge is -2.35. The quantitative estimate of drug-likeness (QED) is 0.448. The molecule has 0 aliphatic rings. The number of benzene rings is 1.